The zero-order valence-electron chi connectivity index (χ0n) is 16.1. The molecule has 0 aliphatic heterocycles. The molecule has 1 heteroatoms. The first-order valence-electron chi connectivity index (χ1n) is 10.1. The summed E-state index contributed by atoms with van der Waals surface area (Å²) in [5.74, 6) is 7.80. The van der Waals surface area contributed by atoms with Crippen LogP contribution in [0.5, 0.6) is 0 Å². The molecular weight excluding hydrogens is 343 g/mol. The predicted molar refractivity (Wildman–Crippen MR) is 116 cm³/mol. The second kappa shape index (κ2) is 8.44. The summed E-state index contributed by atoms with van der Waals surface area (Å²) in [4.78, 5) is 0. The maximum absolute atomic E-state index is 13.3. The average Bonchev–Trinajstić information content (AvgIpc) is 2.73. The van der Waals surface area contributed by atoms with E-state index in [1.54, 1.807) is 12.1 Å². The standard InChI is InChI=1S/C27H25F/c1-2-3-20-6-11-23(12-7-20)24-13-8-21(9-14-24)4-5-22-10-15-26-19-27(28)17-16-25(26)18-22/h2,8-10,13-20,23H,1,3,6-7,11-12H2. The van der Waals surface area contributed by atoms with Gasteiger partial charge in [-0.05, 0) is 96.7 Å². The minimum atomic E-state index is -0.208. The van der Waals surface area contributed by atoms with Crippen LogP contribution in [0.3, 0.4) is 0 Å². The van der Waals surface area contributed by atoms with Gasteiger partial charge in [-0.3, -0.25) is 0 Å². The van der Waals surface area contributed by atoms with E-state index in [9.17, 15) is 4.39 Å². The molecule has 0 bridgehead atoms. The van der Waals surface area contributed by atoms with Crippen molar-refractivity contribution in [3.05, 3.63) is 95.8 Å². The summed E-state index contributed by atoms with van der Waals surface area (Å²) in [5, 5.41) is 1.91. The van der Waals surface area contributed by atoms with Gasteiger partial charge in [-0.2, -0.15) is 0 Å². The largest absolute Gasteiger partial charge is 0.207 e. The van der Waals surface area contributed by atoms with Gasteiger partial charge in [-0.1, -0.05) is 42.2 Å². The van der Waals surface area contributed by atoms with E-state index in [1.165, 1.54) is 37.3 Å². The lowest BCUT2D eigenvalue weighted by Gasteiger charge is -2.28. The lowest BCUT2D eigenvalue weighted by molar-refractivity contribution is 0.328. The van der Waals surface area contributed by atoms with E-state index in [4.69, 9.17) is 0 Å². The Balaban J connectivity index is 1.44. The van der Waals surface area contributed by atoms with Crippen molar-refractivity contribution in [3.8, 4) is 11.8 Å². The van der Waals surface area contributed by atoms with Gasteiger partial charge in [0.05, 0.1) is 0 Å². The van der Waals surface area contributed by atoms with Crippen molar-refractivity contribution < 1.29 is 4.39 Å². The molecule has 28 heavy (non-hydrogen) atoms. The van der Waals surface area contributed by atoms with Crippen molar-refractivity contribution in [1.82, 2.24) is 0 Å². The van der Waals surface area contributed by atoms with Crippen LogP contribution in [0.1, 0.15) is 54.7 Å². The van der Waals surface area contributed by atoms with Crippen molar-refractivity contribution in [1.29, 1.82) is 0 Å². The van der Waals surface area contributed by atoms with Crippen LogP contribution in [0.4, 0.5) is 4.39 Å². The molecule has 3 aromatic rings. The topological polar surface area (TPSA) is 0 Å². The maximum atomic E-state index is 13.3. The average molecular weight is 368 g/mol. The van der Waals surface area contributed by atoms with Crippen molar-refractivity contribution in [2.75, 3.05) is 0 Å². The van der Waals surface area contributed by atoms with Gasteiger partial charge in [0.2, 0.25) is 0 Å². The van der Waals surface area contributed by atoms with E-state index in [-0.39, 0.29) is 5.82 Å². The maximum Gasteiger partial charge on any atom is 0.123 e. The highest BCUT2D eigenvalue weighted by molar-refractivity contribution is 5.83. The monoisotopic (exact) mass is 368 g/mol. The van der Waals surface area contributed by atoms with Gasteiger partial charge >= 0.3 is 0 Å². The van der Waals surface area contributed by atoms with E-state index < -0.39 is 0 Å². The number of hydrogen-bond acceptors (Lipinski definition) is 0. The Morgan fingerprint density at radius 2 is 1.46 bits per heavy atom. The molecule has 3 aromatic carbocycles. The molecule has 0 aromatic heterocycles. The van der Waals surface area contributed by atoms with Crippen LogP contribution in [0, 0.1) is 23.6 Å². The molecule has 1 aliphatic carbocycles. The zero-order chi connectivity index (χ0) is 19.3. The van der Waals surface area contributed by atoms with E-state index in [0.29, 0.717) is 5.92 Å². The molecule has 0 heterocycles. The Hall–Kier alpha value is -2.85. The normalized spacial score (nSPS) is 19.0. The minimum Gasteiger partial charge on any atom is -0.207 e. The van der Waals surface area contributed by atoms with Crippen molar-refractivity contribution in [3.63, 3.8) is 0 Å². The van der Waals surface area contributed by atoms with E-state index in [1.807, 2.05) is 18.2 Å². The number of hydrogen-bond donors (Lipinski definition) is 0. The summed E-state index contributed by atoms with van der Waals surface area (Å²) < 4.78 is 13.3. The number of fused-ring (bicyclic) bond motifs is 1. The smallest absolute Gasteiger partial charge is 0.123 e. The van der Waals surface area contributed by atoms with Crippen LogP contribution in [0.2, 0.25) is 0 Å². The number of benzene rings is 3. The number of halogens is 1. The van der Waals surface area contributed by atoms with Gasteiger partial charge in [-0.25, -0.2) is 4.39 Å². The Bertz CT molecular complexity index is 1030. The van der Waals surface area contributed by atoms with E-state index in [2.05, 4.69) is 48.8 Å². The third-order valence-electron chi connectivity index (χ3n) is 5.88. The van der Waals surface area contributed by atoms with Gasteiger partial charge in [0.1, 0.15) is 5.82 Å². The minimum absolute atomic E-state index is 0.208. The van der Waals surface area contributed by atoms with Gasteiger partial charge in [0.15, 0.2) is 0 Å². The van der Waals surface area contributed by atoms with Gasteiger partial charge < -0.3 is 0 Å². The lowest BCUT2D eigenvalue weighted by Crippen LogP contribution is -2.12. The van der Waals surface area contributed by atoms with Crippen molar-refractivity contribution >= 4 is 10.8 Å². The fourth-order valence-corrected chi connectivity index (χ4v) is 4.24. The number of rotatable bonds is 3. The Morgan fingerprint density at radius 1 is 0.821 bits per heavy atom. The highest BCUT2D eigenvalue weighted by Crippen LogP contribution is 2.37. The molecule has 4 rings (SSSR count). The highest BCUT2D eigenvalue weighted by atomic mass is 19.1. The van der Waals surface area contributed by atoms with Gasteiger partial charge in [-0.15, -0.1) is 6.58 Å². The fraction of sp³-hybridized carbons (Fsp3) is 0.259. The molecular formula is C27H25F. The predicted octanol–water partition coefficient (Wildman–Crippen LogP) is 7.23. The Labute approximate surface area is 167 Å². The molecule has 0 unspecified atom stereocenters. The first-order chi connectivity index (χ1) is 13.7. The van der Waals surface area contributed by atoms with Crippen molar-refractivity contribution in [2.24, 2.45) is 5.92 Å². The summed E-state index contributed by atoms with van der Waals surface area (Å²) >= 11 is 0. The summed E-state index contributed by atoms with van der Waals surface area (Å²) in [6.45, 7) is 3.87. The zero-order valence-corrected chi connectivity index (χ0v) is 16.1. The second-order valence-electron chi connectivity index (χ2n) is 7.82. The highest BCUT2D eigenvalue weighted by Gasteiger charge is 2.21. The fourth-order valence-electron chi connectivity index (χ4n) is 4.24. The third kappa shape index (κ3) is 4.34. The third-order valence-corrected chi connectivity index (χ3v) is 5.88. The summed E-state index contributed by atoms with van der Waals surface area (Å²) in [6, 6.07) is 19.5. The van der Waals surface area contributed by atoms with Crippen LogP contribution in [-0.2, 0) is 0 Å². The Kier molecular flexibility index (Phi) is 5.58. The molecule has 0 atom stereocenters. The summed E-state index contributed by atoms with van der Waals surface area (Å²) in [7, 11) is 0. The van der Waals surface area contributed by atoms with Crippen LogP contribution >= 0.6 is 0 Å². The quantitative estimate of drug-likeness (QED) is 0.338. The molecule has 1 aliphatic rings. The molecule has 0 radical (unpaired) electrons. The van der Waals surface area contributed by atoms with E-state index >= 15 is 0 Å². The van der Waals surface area contributed by atoms with Crippen LogP contribution < -0.4 is 0 Å². The molecule has 0 nitrogen and oxygen atoms in total. The Morgan fingerprint density at radius 3 is 2.21 bits per heavy atom. The molecule has 0 amide bonds. The molecule has 0 N–H and O–H groups in total. The molecule has 1 saturated carbocycles. The SMILES string of the molecule is C=CCC1CCC(c2ccc(C#Cc3ccc4cc(F)ccc4c3)cc2)CC1. The molecule has 0 spiro atoms. The summed E-state index contributed by atoms with van der Waals surface area (Å²) in [6.07, 6.45) is 8.40. The van der Waals surface area contributed by atoms with Crippen LogP contribution in [0.25, 0.3) is 10.8 Å². The summed E-state index contributed by atoms with van der Waals surface area (Å²) in [5.41, 5.74) is 3.42. The van der Waals surface area contributed by atoms with Crippen LogP contribution in [0.15, 0.2) is 73.3 Å². The van der Waals surface area contributed by atoms with Gasteiger partial charge in [0.25, 0.3) is 0 Å². The van der Waals surface area contributed by atoms with Crippen LogP contribution in [-0.4, -0.2) is 0 Å². The van der Waals surface area contributed by atoms with Crippen molar-refractivity contribution in [2.45, 2.75) is 38.0 Å². The van der Waals surface area contributed by atoms with E-state index in [0.717, 1.165) is 34.2 Å². The second-order valence-corrected chi connectivity index (χ2v) is 7.82. The molecule has 0 saturated heterocycles. The molecule has 140 valence electrons. The lowest BCUT2D eigenvalue weighted by atomic mass is 9.77. The molecule has 1 fully saturated rings. The first kappa shape index (κ1) is 18.5. The van der Waals surface area contributed by atoms with Gasteiger partial charge in [0, 0.05) is 11.1 Å². The number of allylic oxidation sites excluding steroid dienone is 1. The first-order valence-corrected chi connectivity index (χ1v) is 10.1.